The summed E-state index contributed by atoms with van der Waals surface area (Å²) in [6, 6.07) is 6.25. The van der Waals surface area contributed by atoms with E-state index in [-0.39, 0.29) is 17.9 Å². The number of hydrogen-bond acceptors (Lipinski definition) is 4. The van der Waals surface area contributed by atoms with Crippen LogP contribution in [0.25, 0.3) is 11.0 Å². The van der Waals surface area contributed by atoms with Crippen LogP contribution in [0.5, 0.6) is 0 Å². The first-order chi connectivity index (χ1) is 12.5. The summed E-state index contributed by atoms with van der Waals surface area (Å²) in [5.74, 6) is 1.19. The molecule has 1 amide bonds. The molecule has 0 bridgehead atoms. The lowest BCUT2D eigenvalue weighted by atomic mass is 9.96. The van der Waals surface area contributed by atoms with Gasteiger partial charge in [0.1, 0.15) is 0 Å². The summed E-state index contributed by atoms with van der Waals surface area (Å²) in [5, 5.41) is 3.05. The number of rotatable bonds is 7. The molecule has 6 nitrogen and oxygen atoms in total. The van der Waals surface area contributed by atoms with Gasteiger partial charge >= 0.3 is 0 Å². The molecular formula is C20H30N4O2. The summed E-state index contributed by atoms with van der Waals surface area (Å²) in [4.78, 5) is 22.7. The summed E-state index contributed by atoms with van der Waals surface area (Å²) in [6.45, 7) is 9.22. The maximum absolute atomic E-state index is 12.3. The lowest BCUT2D eigenvalue weighted by Crippen LogP contribution is -2.41. The third-order valence-corrected chi connectivity index (χ3v) is 4.86. The first-order valence-corrected chi connectivity index (χ1v) is 9.63. The van der Waals surface area contributed by atoms with Crippen LogP contribution in [0.1, 0.15) is 38.7 Å². The zero-order valence-electron chi connectivity index (χ0n) is 16.0. The average molecular weight is 358 g/mol. The highest BCUT2D eigenvalue weighted by Gasteiger charge is 2.26. The average Bonchev–Trinajstić information content (AvgIpc) is 3.04. The summed E-state index contributed by atoms with van der Waals surface area (Å²) in [7, 11) is 0. The number of imidazole rings is 1. The van der Waals surface area contributed by atoms with Gasteiger partial charge in [-0.1, -0.05) is 6.07 Å². The Kier molecular flexibility index (Phi) is 6.14. The molecule has 0 aliphatic carbocycles. The van der Waals surface area contributed by atoms with Crippen molar-refractivity contribution in [2.45, 2.75) is 46.1 Å². The molecule has 142 valence electrons. The van der Waals surface area contributed by atoms with Crippen molar-refractivity contribution in [3.05, 3.63) is 23.8 Å². The van der Waals surface area contributed by atoms with Gasteiger partial charge in [0.25, 0.3) is 0 Å². The number of aromatic nitrogens is 2. The monoisotopic (exact) mass is 358 g/mol. The number of ether oxygens (including phenoxy) is 1. The molecule has 0 unspecified atom stereocenters. The predicted molar refractivity (Wildman–Crippen MR) is 104 cm³/mol. The molecule has 1 aliphatic heterocycles. The van der Waals surface area contributed by atoms with Crippen LogP contribution in [0.15, 0.2) is 18.2 Å². The van der Waals surface area contributed by atoms with Crippen molar-refractivity contribution in [2.75, 3.05) is 31.1 Å². The number of carbonyl (C=O) groups excluding carboxylic acids is 1. The highest BCUT2D eigenvalue weighted by atomic mass is 16.5. The van der Waals surface area contributed by atoms with Gasteiger partial charge in [-0.2, -0.15) is 0 Å². The van der Waals surface area contributed by atoms with E-state index in [4.69, 9.17) is 4.74 Å². The molecule has 2 aromatic rings. The molecule has 0 spiro atoms. The molecule has 0 saturated carbocycles. The Morgan fingerprint density at radius 1 is 1.38 bits per heavy atom. The molecule has 1 saturated heterocycles. The van der Waals surface area contributed by atoms with Crippen molar-refractivity contribution in [3.8, 4) is 0 Å². The third kappa shape index (κ3) is 4.75. The smallest absolute Gasteiger partial charge is 0.223 e. The van der Waals surface area contributed by atoms with Crippen molar-refractivity contribution in [1.82, 2.24) is 15.3 Å². The fraction of sp³-hybridized carbons (Fsp3) is 0.600. The van der Waals surface area contributed by atoms with Gasteiger partial charge in [0.2, 0.25) is 11.9 Å². The number of nitrogens with zero attached hydrogens (tertiary/aromatic N) is 2. The van der Waals surface area contributed by atoms with E-state index in [1.807, 2.05) is 19.9 Å². The number of aryl methyl sites for hydroxylation is 1. The summed E-state index contributed by atoms with van der Waals surface area (Å²) >= 11 is 0. The molecule has 1 aromatic carbocycles. The molecule has 26 heavy (non-hydrogen) atoms. The van der Waals surface area contributed by atoms with Crippen molar-refractivity contribution in [2.24, 2.45) is 5.92 Å². The van der Waals surface area contributed by atoms with E-state index in [1.165, 1.54) is 5.56 Å². The standard InChI is InChI=1S/C20H30N4O2/c1-14(2)26-12-4-9-21-19(25)16-7-10-24(11-8-16)20-22-17-6-5-15(3)13-18(17)23-20/h5-6,13-14,16H,4,7-12H2,1-3H3,(H,21,25)(H,22,23). The van der Waals surface area contributed by atoms with Crippen LogP contribution in [-0.4, -0.2) is 48.2 Å². The lowest BCUT2D eigenvalue weighted by Gasteiger charge is -2.31. The predicted octanol–water partition coefficient (Wildman–Crippen LogP) is 3.02. The Bertz CT molecular complexity index is 732. The largest absolute Gasteiger partial charge is 0.379 e. The van der Waals surface area contributed by atoms with Crippen LogP contribution in [0.2, 0.25) is 0 Å². The summed E-state index contributed by atoms with van der Waals surface area (Å²) in [5.41, 5.74) is 3.29. The van der Waals surface area contributed by atoms with Crippen LogP contribution in [-0.2, 0) is 9.53 Å². The molecule has 2 heterocycles. The second-order valence-electron chi connectivity index (χ2n) is 7.41. The van der Waals surface area contributed by atoms with E-state index in [0.29, 0.717) is 13.2 Å². The number of benzene rings is 1. The molecule has 2 N–H and O–H groups in total. The highest BCUT2D eigenvalue weighted by Crippen LogP contribution is 2.24. The number of hydrogen-bond donors (Lipinski definition) is 2. The topological polar surface area (TPSA) is 70.2 Å². The fourth-order valence-corrected chi connectivity index (χ4v) is 3.36. The van der Waals surface area contributed by atoms with Gasteiger partial charge in [0.15, 0.2) is 0 Å². The van der Waals surface area contributed by atoms with E-state index in [1.54, 1.807) is 0 Å². The Balaban J connectivity index is 1.45. The molecule has 6 heteroatoms. The molecule has 0 radical (unpaired) electrons. The molecule has 1 aromatic heterocycles. The minimum Gasteiger partial charge on any atom is -0.379 e. The highest BCUT2D eigenvalue weighted by molar-refractivity contribution is 5.80. The Hall–Kier alpha value is -2.08. The van der Waals surface area contributed by atoms with Crippen LogP contribution in [0.4, 0.5) is 5.95 Å². The number of fused-ring (bicyclic) bond motifs is 1. The molecule has 1 aliphatic rings. The molecule has 1 fully saturated rings. The van der Waals surface area contributed by atoms with Gasteiger partial charge in [-0.15, -0.1) is 0 Å². The normalized spacial score (nSPS) is 15.8. The van der Waals surface area contributed by atoms with Gasteiger partial charge in [0, 0.05) is 32.2 Å². The number of carbonyl (C=O) groups is 1. The zero-order valence-corrected chi connectivity index (χ0v) is 16.0. The third-order valence-electron chi connectivity index (χ3n) is 4.86. The number of piperidine rings is 1. The van der Waals surface area contributed by atoms with E-state index in [9.17, 15) is 4.79 Å². The zero-order chi connectivity index (χ0) is 18.5. The number of nitrogens with one attached hydrogen (secondary N) is 2. The molecule has 0 atom stereocenters. The number of anilines is 1. The first kappa shape index (κ1) is 18.7. The Morgan fingerprint density at radius 2 is 2.15 bits per heavy atom. The second kappa shape index (κ2) is 8.54. The SMILES string of the molecule is Cc1ccc2nc(N3CCC(C(=O)NCCCOC(C)C)CC3)[nH]c2c1. The van der Waals surface area contributed by atoms with E-state index in [0.717, 1.165) is 49.3 Å². The summed E-state index contributed by atoms with van der Waals surface area (Å²) in [6.07, 6.45) is 2.84. The summed E-state index contributed by atoms with van der Waals surface area (Å²) < 4.78 is 5.50. The van der Waals surface area contributed by atoms with Crippen molar-refractivity contribution in [1.29, 1.82) is 0 Å². The van der Waals surface area contributed by atoms with E-state index < -0.39 is 0 Å². The maximum atomic E-state index is 12.3. The van der Waals surface area contributed by atoms with Crippen LogP contribution in [0.3, 0.4) is 0 Å². The van der Waals surface area contributed by atoms with Crippen LogP contribution >= 0.6 is 0 Å². The van der Waals surface area contributed by atoms with Crippen LogP contribution < -0.4 is 10.2 Å². The van der Waals surface area contributed by atoms with Gasteiger partial charge in [0.05, 0.1) is 17.1 Å². The van der Waals surface area contributed by atoms with Gasteiger partial charge in [-0.3, -0.25) is 4.79 Å². The van der Waals surface area contributed by atoms with Crippen molar-refractivity contribution >= 4 is 22.9 Å². The molecule has 3 rings (SSSR count). The number of amides is 1. The van der Waals surface area contributed by atoms with Gasteiger partial charge in [-0.05, 0) is 57.7 Å². The van der Waals surface area contributed by atoms with E-state index >= 15 is 0 Å². The number of aromatic amines is 1. The van der Waals surface area contributed by atoms with Gasteiger partial charge < -0.3 is 19.9 Å². The van der Waals surface area contributed by atoms with Crippen molar-refractivity contribution < 1.29 is 9.53 Å². The number of H-pyrrole nitrogens is 1. The van der Waals surface area contributed by atoms with Crippen LogP contribution in [0, 0.1) is 12.8 Å². The maximum Gasteiger partial charge on any atom is 0.223 e. The lowest BCUT2D eigenvalue weighted by molar-refractivity contribution is -0.125. The van der Waals surface area contributed by atoms with E-state index in [2.05, 4.69) is 39.2 Å². The second-order valence-corrected chi connectivity index (χ2v) is 7.41. The van der Waals surface area contributed by atoms with Crippen molar-refractivity contribution in [3.63, 3.8) is 0 Å². The quantitative estimate of drug-likeness (QED) is 0.747. The molecular weight excluding hydrogens is 328 g/mol. The minimum atomic E-state index is 0.101. The minimum absolute atomic E-state index is 0.101. The first-order valence-electron chi connectivity index (χ1n) is 9.63. The fourth-order valence-electron chi connectivity index (χ4n) is 3.36. The Morgan fingerprint density at radius 3 is 2.88 bits per heavy atom. The Labute approximate surface area is 155 Å². The van der Waals surface area contributed by atoms with Gasteiger partial charge in [-0.25, -0.2) is 4.98 Å².